The van der Waals surface area contributed by atoms with Gasteiger partial charge in [-0.25, -0.2) is 4.98 Å². The first-order valence-electron chi connectivity index (χ1n) is 11.9. The first kappa shape index (κ1) is 26.7. The van der Waals surface area contributed by atoms with Crippen molar-refractivity contribution in [2.75, 3.05) is 0 Å². The van der Waals surface area contributed by atoms with Gasteiger partial charge in [-0.15, -0.1) is 11.8 Å². The molecule has 0 spiro atoms. The van der Waals surface area contributed by atoms with Crippen LogP contribution in [0.2, 0.25) is 0 Å². The van der Waals surface area contributed by atoms with Crippen LogP contribution in [0.1, 0.15) is 61.9 Å². The number of carbonyl (C=O) groups excluding carboxylic acids is 2. The smallest absolute Gasteiger partial charge is 0.311 e. The molecule has 0 N–H and O–H groups in total. The molecule has 182 valence electrons. The van der Waals surface area contributed by atoms with Crippen molar-refractivity contribution >= 4 is 23.5 Å². The molecule has 1 heterocycles. The highest BCUT2D eigenvalue weighted by Crippen LogP contribution is 2.36. The van der Waals surface area contributed by atoms with Crippen LogP contribution in [0.3, 0.4) is 0 Å². The summed E-state index contributed by atoms with van der Waals surface area (Å²) in [6.45, 7) is 3.83. The molecule has 0 aliphatic carbocycles. The molecule has 0 aliphatic heterocycles. The summed E-state index contributed by atoms with van der Waals surface area (Å²) in [5.74, 6) is 0.651. The van der Waals surface area contributed by atoms with E-state index in [1.807, 2.05) is 44.2 Å². The summed E-state index contributed by atoms with van der Waals surface area (Å²) in [5.41, 5.74) is 3.01. The van der Waals surface area contributed by atoms with Crippen LogP contribution in [0.15, 0.2) is 59.6 Å². The molecule has 0 aliphatic rings. The molecule has 0 saturated carbocycles. The van der Waals surface area contributed by atoms with E-state index in [-0.39, 0.29) is 29.3 Å². The van der Waals surface area contributed by atoms with Gasteiger partial charge in [0.05, 0.1) is 23.2 Å². The van der Waals surface area contributed by atoms with Gasteiger partial charge in [0.2, 0.25) is 0 Å². The molecule has 6 nitrogen and oxygen atoms in total. The molecule has 7 heteroatoms. The van der Waals surface area contributed by atoms with Crippen LogP contribution in [-0.2, 0) is 21.8 Å². The number of ketones is 1. The Balaban J connectivity index is 2.09. The number of aromatic nitrogens is 1. The maximum atomic E-state index is 12.5. The zero-order chi connectivity index (χ0) is 25.9. The first-order chi connectivity index (χ1) is 17.5. The molecule has 0 saturated heterocycles. The molecule has 1 aromatic heterocycles. The highest BCUT2D eigenvalue weighted by atomic mass is 32.2. The van der Waals surface area contributed by atoms with Crippen LogP contribution >= 0.6 is 11.8 Å². The molecule has 0 fully saturated rings. The Morgan fingerprint density at radius 2 is 1.58 bits per heavy atom. The van der Waals surface area contributed by atoms with Gasteiger partial charge < -0.3 is 4.74 Å². The lowest BCUT2D eigenvalue weighted by Crippen LogP contribution is -2.10. The maximum absolute atomic E-state index is 12.5. The van der Waals surface area contributed by atoms with Gasteiger partial charge in [0.25, 0.3) is 0 Å². The van der Waals surface area contributed by atoms with Crippen molar-refractivity contribution in [2.24, 2.45) is 0 Å². The van der Waals surface area contributed by atoms with Crippen molar-refractivity contribution in [3.63, 3.8) is 0 Å². The lowest BCUT2D eigenvalue weighted by Gasteiger charge is -2.15. The number of thioether (sulfide) groups is 1. The zero-order valence-corrected chi connectivity index (χ0v) is 21.2. The number of pyridine rings is 1. The van der Waals surface area contributed by atoms with Gasteiger partial charge in [0.1, 0.15) is 28.7 Å². The van der Waals surface area contributed by atoms with Crippen LogP contribution in [-0.4, -0.2) is 16.7 Å². The third-order valence-electron chi connectivity index (χ3n) is 5.40. The summed E-state index contributed by atoms with van der Waals surface area (Å²) in [6, 6.07) is 21.0. The number of Topliss-reactive ketones (excluding diaryl/α,β-unsaturated/α-hetero) is 1. The Bertz CT molecular complexity index is 1310. The van der Waals surface area contributed by atoms with E-state index in [0.29, 0.717) is 59.0 Å². The van der Waals surface area contributed by atoms with Crippen molar-refractivity contribution in [3.8, 4) is 29.0 Å². The topological polar surface area (TPSA) is 104 Å². The Labute approximate surface area is 215 Å². The standard InChI is InChI=1S/C29H27N3O3S/c1-3-8-22(33)16-26-24(17-30)28(21-12-14-23(15-13-21)35-27(34)9-4-2)25(18-31)29(32-26)36-19-20-10-6-5-7-11-20/h5-7,10-15H,3-4,8-9,16,19H2,1-2H3. The Morgan fingerprint density at radius 1 is 0.917 bits per heavy atom. The molecule has 36 heavy (non-hydrogen) atoms. The normalized spacial score (nSPS) is 10.3. The average molecular weight is 498 g/mol. The van der Waals surface area contributed by atoms with Crippen molar-refractivity contribution in [3.05, 3.63) is 77.0 Å². The van der Waals surface area contributed by atoms with Crippen molar-refractivity contribution < 1.29 is 14.3 Å². The van der Waals surface area contributed by atoms with Gasteiger partial charge >= 0.3 is 5.97 Å². The molecule has 0 radical (unpaired) electrons. The van der Waals surface area contributed by atoms with Crippen LogP contribution < -0.4 is 4.74 Å². The van der Waals surface area contributed by atoms with Crippen molar-refractivity contribution in [1.29, 1.82) is 10.5 Å². The molecule has 3 aromatic rings. The molecular weight excluding hydrogens is 470 g/mol. The van der Waals surface area contributed by atoms with Crippen LogP contribution in [0.5, 0.6) is 5.75 Å². The second-order valence-corrected chi connectivity index (χ2v) is 9.16. The second kappa shape index (κ2) is 13.2. The molecule has 0 bridgehead atoms. The Morgan fingerprint density at radius 3 is 2.19 bits per heavy atom. The summed E-state index contributed by atoms with van der Waals surface area (Å²) >= 11 is 1.40. The van der Waals surface area contributed by atoms with E-state index >= 15 is 0 Å². The summed E-state index contributed by atoms with van der Waals surface area (Å²) in [6.07, 6.45) is 2.14. The number of ether oxygens (including phenoxy) is 1. The van der Waals surface area contributed by atoms with Gasteiger partial charge in [-0.1, -0.05) is 56.3 Å². The first-order valence-corrected chi connectivity index (χ1v) is 12.9. The number of hydrogen-bond donors (Lipinski definition) is 0. The number of carbonyl (C=O) groups is 2. The van der Waals surface area contributed by atoms with E-state index in [2.05, 4.69) is 17.1 Å². The third-order valence-corrected chi connectivity index (χ3v) is 6.45. The Hall–Kier alpha value is -3.94. The number of benzene rings is 2. The van der Waals surface area contributed by atoms with E-state index in [4.69, 9.17) is 4.74 Å². The molecule has 3 rings (SSSR count). The fourth-order valence-electron chi connectivity index (χ4n) is 3.71. The van der Waals surface area contributed by atoms with Crippen molar-refractivity contribution in [1.82, 2.24) is 4.98 Å². The average Bonchev–Trinajstić information content (AvgIpc) is 2.88. The van der Waals surface area contributed by atoms with Gasteiger partial charge in [0, 0.05) is 24.2 Å². The van der Waals surface area contributed by atoms with Gasteiger partial charge in [-0.3, -0.25) is 9.59 Å². The predicted octanol–water partition coefficient (Wildman–Crippen LogP) is 6.40. The van der Waals surface area contributed by atoms with E-state index in [9.17, 15) is 20.1 Å². The summed E-state index contributed by atoms with van der Waals surface area (Å²) in [4.78, 5) is 29.0. The third kappa shape index (κ3) is 6.81. The lowest BCUT2D eigenvalue weighted by molar-refractivity contribution is -0.134. The molecule has 0 atom stereocenters. The van der Waals surface area contributed by atoms with Crippen LogP contribution in [0.4, 0.5) is 0 Å². The summed E-state index contributed by atoms with van der Waals surface area (Å²) in [7, 11) is 0. The molecular formula is C29H27N3O3S. The number of rotatable bonds is 11. The second-order valence-electron chi connectivity index (χ2n) is 8.20. The van der Waals surface area contributed by atoms with E-state index < -0.39 is 0 Å². The summed E-state index contributed by atoms with van der Waals surface area (Å²) in [5, 5.41) is 20.7. The maximum Gasteiger partial charge on any atom is 0.311 e. The van der Waals surface area contributed by atoms with Gasteiger partial charge in [-0.05, 0) is 36.1 Å². The van der Waals surface area contributed by atoms with E-state index in [1.165, 1.54) is 11.8 Å². The number of hydrogen-bond acceptors (Lipinski definition) is 7. The molecule has 2 aromatic carbocycles. The highest BCUT2D eigenvalue weighted by Gasteiger charge is 2.23. The fraction of sp³-hybridized carbons (Fsp3) is 0.276. The number of esters is 1. The Kier molecular flexibility index (Phi) is 9.80. The molecule has 0 unspecified atom stereocenters. The van der Waals surface area contributed by atoms with E-state index in [1.54, 1.807) is 24.3 Å². The minimum atomic E-state index is -0.319. The SMILES string of the molecule is CCCC(=O)Cc1nc(SCc2ccccc2)c(C#N)c(-c2ccc(OC(=O)CCC)cc2)c1C#N. The zero-order valence-electron chi connectivity index (χ0n) is 20.4. The fourth-order valence-corrected chi connectivity index (χ4v) is 4.67. The largest absolute Gasteiger partial charge is 0.427 e. The van der Waals surface area contributed by atoms with Crippen molar-refractivity contribution in [2.45, 2.75) is 56.7 Å². The van der Waals surface area contributed by atoms with Gasteiger partial charge in [0.15, 0.2) is 0 Å². The lowest BCUT2D eigenvalue weighted by atomic mass is 9.93. The van der Waals surface area contributed by atoms with Crippen LogP contribution in [0.25, 0.3) is 11.1 Å². The van der Waals surface area contributed by atoms with Gasteiger partial charge in [-0.2, -0.15) is 10.5 Å². The number of nitriles is 2. The van der Waals surface area contributed by atoms with E-state index in [0.717, 1.165) is 5.56 Å². The predicted molar refractivity (Wildman–Crippen MR) is 139 cm³/mol. The minimum Gasteiger partial charge on any atom is -0.427 e. The molecule has 0 amide bonds. The highest BCUT2D eigenvalue weighted by molar-refractivity contribution is 7.98. The van der Waals surface area contributed by atoms with Crippen LogP contribution in [0, 0.1) is 22.7 Å². The quantitative estimate of drug-likeness (QED) is 0.171. The minimum absolute atomic E-state index is 0.00523. The monoisotopic (exact) mass is 497 g/mol. The number of nitrogens with zero attached hydrogens (tertiary/aromatic N) is 3. The summed E-state index contributed by atoms with van der Waals surface area (Å²) < 4.78 is 5.34.